The maximum atomic E-state index is 12.6. The number of halogens is 3. The van der Waals surface area contributed by atoms with Crippen molar-refractivity contribution in [1.29, 1.82) is 0 Å². The van der Waals surface area contributed by atoms with E-state index in [-0.39, 0.29) is 4.60 Å². The molecule has 0 atom stereocenters. The van der Waals surface area contributed by atoms with Crippen LogP contribution in [0, 0.1) is 10.1 Å². The predicted molar refractivity (Wildman–Crippen MR) is 52.1 cm³/mol. The van der Waals surface area contributed by atoms with Crippen LogP contribution in [-0.2, 0) is 0 Å². The van der Waals surface area contributed by atoms with Crippen molar-refractivity contribution in [3.8, 4) is 0 Å². The zero-order valence-corrected chi connectivity index (χ0v) is 9.07. The molecule has 86 valence electrons. The minimum atomic E-state index is -3.19. The van der Waals surface area contributed by atoms with E-state index in [0.717, 1.165) is 6.20 Å². The van der Waals surface area contributed by atoms with Crippen molar-refractivity contribution in [1.82, 2.24) is 4.98 Å². The third kappa shape index (κ3) is 2.13. The molecule has 9 heteroatoms. The third-order valence-electron chi connectivity index (χ3n) is 1.71. The van der Waals surface area contributed by atoms with Crippen LogP contribution in [0.2, 0.25) is 0 Å². The normalized spacial score (nSPS) is 10.5. The molecule has 1 amide bonds. The second-order valence-electron chi connectivity index (χ2n) is 2.65. The summed E-state index contributed by atoms with van der Waals surface area (Å²) in [5, 5.41) is 10.6. The molecule has 0 bridgehead atoms. The Morgan fingerprint density at radius 3 is 2.56 bits per heavy atom. The first-order chi connectivity index (χ1) is 7.36. The molecular formula is C7H4BrF2N3O3. The lowest BCUT2D eigenvalue weighted by atomic mass is 10.1. The Labute approximate surface area is 95.7 Å². The van der Waals surface area contributed by atoms with Crippen LogP contribution < -0.4 is 5.73 Å². The van der Waals surface area contributed by atoms with Crippen LogP contribution in [0.15, 0.2) is 10.8 Å². The van der Waals surface area contributed by atoms with Gasteiger partial charge < -0.3 is 5.73 Å². The largest absolute Gasteiger partial charge is 0.366 e. The molecule has 0 aliphatic heterocycles. The van der Waals surface area contributed by atoms with Gasteiger partial charge in [-0.25, -0.2) is 13.8 Å². The standard InChI is InChI=1S/C7H4BrF2N3O3/c8-5-4(13(15)16)3(6(9)10)2(1-12-5)7(11)14/h1,6H,(H2,11,14). The van der Waals surface area contributed by atoms with Crippen molar-refractivity contribution in [2.24, 2.45) is 5.73 Å². The minimum absolute atomic E-state index is 0.377. The van der Waals surface area contributed by atoms with Gasteiger partial charge >= 0.3 is 5.69 Å². The number of hydrogen-bond donors (Lipinski definition) is 1. The minimum Gasteiger partial charge on any atom is -0.366 e. The molecule has 0 radical (unpaired) electrons. The highest BCUT2D eigenvalue weighted by atomic mass is 79.9. The number of rotatable bonds is 3. The lowest BCUT2D eigenvalue weighted by Crippen LogP contribution is -2.16. The summed E-state index contributed by atoms with van der Waals surface area (Å²) in [5.74, 6) is -1.20. The molecule has 0 aromatic carbocycles. The first kappa shape index (κ1) is 12.4. The molecule has 1 rings (SSSR count). The quantitative estimate of drug-likeness (QED) is 0.522. The number of primary amides is 1. The van der Waals surface area contributed by atoms with Gasteiger partial charge in [0.15, 0.2) is 4.60 Å². The molecule has 16 heavy (non-hydrogen) atoms. The van der Waals surface area contributed by atoms with Crippen molar-refractivity contribution < 1.29 is 18.5 Å². The molecule has 0 saturated heterocycles. The number of carbonyl (C=O) groups excluding carboxylic acids is 1. The fourth-order valence-corrected chi connectivity index (χ4v) is 1.54. The van der Waals surface area contributed by atoms with E-state index in [4.69, 9.17) is 5.73 Å². The smallest absolute Gasteiger partial charge is 0.311 e. The number of nitrogens with zero attached hydrogens (tertiary/aromatic N) is 2. The van der Waals surface area contributed by atoms with E-state index in [0.29, 0.717) is 0 Å². The van der Waals surface area contributed by atoms with Crippen LogP contribution in [0.25, 0.3) is 0 Å². The predicted octanol–water partition coefficient (Wildman–Crippen LogP) is 1.79. The van der Waals surface area contributed by atoms with Gasteiger partial charge in [0.2, 0.25) is 0 Å². The molecule has 0 fully saturated rings. The Hall–Kier alpha value is -1.64. The Balaban J connectivity index is 3.63. The van der Waals surface area contributed by atoms with Gasteiger partial charge in [0.25, 0.3) is 12.3 Å². The van der Waals surface area contributed by atoms with Crippen molar-refractivity contribution >= 4 is 27.5 Å². The zero-order chi connectivity index (χ0) is 12.5. The molecule has 0 unspecified atom stereocenters. The molecule has 0 spiro atoms. The lowest BCUT2D eigenvalue weighted by Gasteiger charge is -2.06. The Kier molecular flexibility index (Phi) is 3.48. The molecule has 0 aliphatic rings. The maximum Gasteiger partial charge on any atom is 0.311 e. The fraction of sp³-hybridized carbons (Fsp3) is 0.143. The number of hydrogen-bond acceptors (Lipinski definition) is 4. The van der Waals surface area contributed by atoms with Crippen molar-refractivity contribution in [3.05, 3.63) is 32.0 Å². The molecule has 6 nitrogen and oxygen atoms in total. The summed E-state index contributed by atoms with van der Waals surface area (Å²) in [6, 6.07) is 0. The van der Waals surface area contributed by atoms with E-state index >= 15 is 0 Å². The van der Waals surface area contributed by atoms with E-state index in [1.54, 1.807) is 0 Å². The lowest BCUT2D eigenvalue weighted by molar-refractivity contribution is -0.387. The van der Waals surface area contributed by atoms with Crippen LogP contribution in [0.1, 0.15) is 22.3 Å². The Morgan fingerprint density at radius 1 is 1.62 bits per heavy atom. The topological polar surface area (TPSA) is 99.1 Å². The van der Waals surface area contributed by atoms with Gasteiger partial charge in [-0.15, -0.1) is 0 Å². The molecular weight excluding hydrogens is 292 g/mol. The highest BCUT2D eigenvalue weighted by Crippen LogP contribution is 2.35. The van der Waals surface area contributed by atoms with Crippen molar-refractivity contribution in [3.63, 3.8) is 0 Å². The second kappa shape index (κ2) is 4.47. The number of pyridine rings is 1. The van der Waals surface area contributed by atoms with Crippen LogP contribution in [-0.4, -0.2) is 15.8 Å². The summed E-state index contributed by atoms with van der Waals surface area (Å²) in [6.45, 7) is 0. The van der Waals surface area contributed by atoms with E-state index < -0.39 is 34.1 Å². The van der Waals surface area contributed by atoms with Gasteiger partial charge in [0.1, 0.15) is 5.56 Å². The average molecular weight is 296 g/mol. The van der Waals surface area contributed by atoms with Crippen LogP contribution in [0.5, 0.6) is 0 Å². The van der Waals surface area contributed by atoms with Gasteiger partial charge in [-0.1, -0.05) is 0 Å². The summed E-state index contributed by atoms with van der Waals surface area (Å²) in [5.41, 5.74) is 2.18. The number of alkyl halides is 2. The van der Waals surface area contributed by atoms with Crippen LogP contribution in [0.3, 0.4) is 0 Å². The summed E-state index contributed by atoms with van der Waals surface area (Å²) in [6.07, 6.45) is -2.43. The SMILES string of the molecule is NC(=O)c1cnc(Br)c([N+](=O)[O-])c1C(F)F. The van der Waals surface area contributed by atoms with E-state index in [9.17, 15) is 23.7 Å². The molecule has 1 heterocycles. The summed E-state index contributed by atoms with van der Waals surface area (Å²) >= 11 is 2.66. The molecule has 1 aromatic rings. The monoisotopic (exact) mass is 295 g/mol. The highest BCUT2D eigenvalue weighted by Gasteiger charge is 2.31. The average Bonchev–Trinajstić information content (AvgIpc) is 2.15. The molecule has 0 aliphatic carbocycles. The number of amides is 1. The maximum absolute atomic E-state index is 12.6. The summed E-state index contributed by atoms with van der Waals surface area (Å²) in [7, 11) is 0. The van der Waals surface area contributed by atoms with Crippen LogP contribution >= 0.6 is 15.9 Å². The Morgan fingerprint density at radius 2 is 2.19 bits per heavy atom. The number of aromatic nitrogens is 1. The van der Waals surface area contributed by atoms with Crippen molar-refractivity contribution in [2.75, 3.05) is 0 Å². The number of carbonyl (C=O) groups is 1. The van der Waals surface area contributed by atoms with E-state index in [2.05, 4.69) is 20.9 Å². The fourth-order valence-electron chi connectivity index (χ4n) is 1.08. The molecule has 2 N–H and O–H groups in total. The van der Waals surface area contributed by atoms with Gasteiger partial charge in [-0.05, 0) is 15.9 Å². The first-order valence-electron chi connectivity index (χ1n) is 3.77. The highest BCUT2D eigenvalue weighted by molar-refractivity contribution is 9.10. The second-order valence-corrected chi connectivity index (χ2v) is 3.40. The number of nitrogens with two attached hydrogens (primary N) is 1. The van der Waals surface area contributed by atoms with Gasteiger partial charge in [0.05, 0.1) is 10.5 Å². The molecule has 0 saturated carbocycles. The van der Waals surface area contributed by atoms with Gasteiger partial charge in [-0.2, -0.15) is 0 Å². The molecule has 1 aromatic heterocycles. The first-order valence-corrected chi connectivity index (χ1v) is 4.56. The van der Waals surface area contributed by atoms with Gasteiger partial charge in [0, 0.05) is 6.20 Å². The third-order valence-corrected chi connectivity index (χ3v) is 2.29. The zero-order valence-electron chi connectivity index (χ0n) is 7.49. The van der Waals surface area contributed by atoms with Gasteiger partial charge in [-0.3, -0.25) is 14.9 Å². The Bertz CT molecular complexity index is 466. The van der Waals surface area contributed by atoms with E-state index in [1.165, 1.54) is 0 Å². The van der Waals surface area contributed by atoms with Crippen LogP contribution in [0.4, 0.5) is 14.5 Å². The summed E-state index contributed by atoms with van der Waals surface area (Å²) < 4.78 is 24.9. The van der Waals surface area contributed by atoms with E-state index in [1.807, 2.05) is 0 Å². The summed E-state index contributed by atoms with van der Waals surface area (Å²) in [4.78, 5) is 23.8. The van der Waals surface area contributed by atoms with Crippen molar-refractivity contribution in [2.45, 2.75) is 6.43 Å². The number of nitro groups is 1.